The van der Waals surface area contributed by atoms with Gasteiger partial charge in [-0.2, -0.15) is 0 Å². The van der Waals surface area contributed by atoms with Crippen LogP contribution in [-0.4, -0.2) is 38.4 Å². The van der Waals surface area contributed by atoms with Gasteiger partial charge in [-0.1, -0.05) is 60.5 Å². The molecular formula is C25H29N5O2S. The van der Waals surface area contributed by atoms with Gasteiger partial charge in [0.15, 0.2) is 11.0 Å². The number of aromatic nitrogens is 3. The maximum Gasteiger partial charge on any atom is 0.253 e. The lowest BCUT2D eigenvalue weighted by Gasteiger charge is -2.15. The van der Waals surface area contributed by atoms with Crippen LogP contribution in [0.1, 0.15) is 48.5 Å². The Labute approximate surface area is 198 Å². The SMILES string of the molecule is CCn1c(SCC(=O)Nc2ccccc2C(=O)NC2CCCC2)nnc1-c1cccc(C)c1. The second-order valence-corrected chi connectivity index (χ2v) is 9.20. The van der Waals surface area contributed by atoms with Crippen molar-refractivity contribution in [2.45, 2.75) is 57.3 Å². The summed E-state index contributed by atoms with van der Waals surface area (Å²) in [6, 6.07) is 15.5. The molecule has 3 aromatic rings. The number of nitrogens with one attached hydrogen (secondary N) is 2. The fraction of sp³-hybridized carbons (Fsp3) is 0.360. The van der Waals surface area contributed by atoms with E-state index in [9.17, 15) is 9.59 Å². The minimum absolute atomic E-state index is 0.140. The maximum absolute atomic E-state index is 12.7. The van der Waals surface area contributed by atoms with Crippen LogP contribution in [0.2, 0.25) is 0 Å². The van der Waals surface area contributed by atoms with E-state index in [1.165, 1.54) is 11.8 Å². The molecule has 33 heavy (non-hydrogen) atoms. The first-order valence-corrected chi connectivity index (χ1v) is 12.4. The van der Waals surface area contributed by atoms with E-state index >= 15 is 0 Å². The van der Waals surface area contributed by atoms with Crippen LogP contribution >= 0.6 is 11.8 Å². The van der Waals surface area contributed by atoms with E-state index in [0.29, 0.717) is 23.0 Å². The monoisotopic (exact) mass is 463 g/mol. The van der Waals surface area contributed by atoms with Crippen molar-refractivity contribution in [2.75, 3.05) is 11.1 Å². The van der Waals surface area contributed by atoms with Gasteiger partial charge in [0.25, 0.3) is 5.91 Å². The van der Waals surface area contributed by atoms with Gasteiger partial charge in [-0.3, -0.25) is 9.59 Å². The van der Waals surface area contributed by atoms with Crippen LogP contribution in [0.3, 0.4) is 0 Å². The molecule has 0 unspecified atom stereocenters. The molecule has 1 saturated carbocycles. The molecule has 8 heteroatoms. The largest absolute Gasteiger partial charge is 0.349 e. The Hall–Kier alpha value is -3.13. The summed E-state index contributed by atoms with van der Waals surface area (Å²) in [5.74, 6) is 0.630. The zero-order valence-electron chi connectivity index (χ0n) is 19.0. The highest BCUT2D eigenvalue weighted by atomic mass is 32.2. The third kappa shape index (κ3) is 5.63. The fourth-order valence-corrected chi connectivity index (χ4v) is 4.92. The third-order valence-corrected chi connectivity index (χ3v) is 6.74. The highest BCUT2D eigenvalue weighted by Gasteiger charge is 2.20. The topological polar surface area (TPSA) is 88.9 Å². The molecule has 1 aliphatic rings. The average Bonchev–Trinajstić information content (AvgIpc) is 3.47. The molecule has 4 rings (SSSR count). The Kier molecular flexibility index (Phi) is 7.44. The van der Waals surface area contributed by atoms with Crippen LogP contribution < -0.4 is 10.6 Å². The number of anilines is 1. The van der Waals surface area contributed by atoms with E-state index in [0.717, 1.165) is 42.6 Å². The first-order chi connectivity index (χ1) is 16.0. The number of hydrogen-bond acceptors (Lipinski definition) is 5. The Morgan fingerprint density at radius 1 is 1.09 bits per heavy atom. The van der Waals surface area contributed by atoms with Crippen molar-refractivity contribution in [3.63, 3.8) is 0 Å². The van der Waals surface area contributed by atoms with Crippen LogP contribution in [-0.2, 0) is 11.3 Å². The van der Waals surface area contributed by atoms with E-state index in [-0.39, 0.29) is 23.6 Å². The first-order valence-electron chi connectivity index (χ1n) is 11.4. The highest BCUT2D eigenvalue weighted by molar-refractivity contribution is 7.99. The number of para-hydroxylation sites is 1. The van der Waals surface area contributed by atoms with Gasteiger partial charge in [0.05, 0.1) is 17.0 Å². The van der Waals surface area contributed by atoms with Gasteiger partial charge in [-0.25, -0.2) is 0 Å². The van der Waals surface area contributed by atoms with Crippen molar-refractivity contribution in [3.05, 3.63) is 59.7 Å². The molecule has 0 radical (unpaired) electrons. The smallest absolute Gasteiger partial charge is 0.253 e. The lowest BCUT2D eigenvalue weighted by Crippen LogP contribution is -2.33. The van der Waals surface area contributed by atoms with Crippen molar-refractivity contribution < 1.29 is 9.59 Å². The predicted octanol–water partition coefficient (Wildman–Crippen LogP) is 4.68. The Morgan fingerprint density at radius 3 is 2.64 bits per heavy atom. The zero-order valence-corrected chi connectivity index (χ0v) is 19.8. The van der Waals surface area contributed by atoms with Crippen molar-refractivity contribution in [2.24, 2.45) is 0 Å². The molecule has 1 fully saturated rings. The molecule has 2 amide bonds. The van der Waals surface area contributed by atoms with Gasteiger partial charge in [0.1, 0.15) is 0 Å². The minimum Gasteiger partial charge on any atom is -0.349 e. The Morgan fingerprint density at radius 2 is 1.88 bits per heavy atom. The van der Waals surface area contributed by atoms with E-state index in [1.54, 1.807) is 12.1 Å². The molecule has 1 aliphatic carbocycles. The molecule has 2 aromatic carbocycles. The summed E-state index contributed by atoms with van der Waals surface area (Å²) in [5.41, 5.74) is 3.17. The number of hydrogen-bond donors (Lipinski definition) is 2. The molecule has 0 saturated heterocycles. The van der Waals surface area contributed by atoms with Crippen LogP contribution in [0.15, 0.2) is 53.7 Å². The lowest BCUT2D eigenvalue weighted by molar-refractivity contribution is -0.113. The predicted molar refractivity (Wildman–Crippen MR) is 131 cm³/mol. The Balaban J connectivity index is 1.41. The van der Waals surface area contributed by atoms with Crippen molar-refractivity contribution >= 4 is 29.3 Å². The third-order valence-electron chi connectivity index (χ3n) is 5.78. The van der Waals surface area contributed by atoms with Gasteiger partial charge < -0.3 is 15.2 Å². The van der Waals surface area contributed by atoms with E-state index in [4.69, 9.17) is 0 Å². The van der Waals surface area contributed by atoms with Gasteiger partial charge in [-0.15, -0.1) is 10.2 Å². The molecule has 0 spiro atoms. The van der Waals surface area contributed by atoms with Crippen molar-refractivity contribution in [3.8, 4) is 11.4 Å². The highest BCUT2D eigenvalue weighted by Crippen LogP contribution is 2.25. The van der Waals surface area contributed by atoms with E-state index in [2.05, 4.69) is 26.9 Å². The van der Waals surface area contributed by atoms with Crippen molar-refractivity contribution in [1.82, 2.24) is 20.1 Å². The van der Waals surface area contributed by atoms with Crippen LogP contribution in [0.4, 0.5) is 5.69 Å². The molecule has 1 aromatic heterocycles. The van der Waals surface area contributed by atoms with Gasteiger partial charge in [0.2, 0.25) is 5.91 Å². The molecule has 0 atom stereocenters. The molecule has 7 nitrogen and oxygen atoms in total. The first kappa shape index (κ1) is 23.0. The summed E-state index contributed by atoms with van der Waals surface area (Å²) < 4.78 is 2.01. The Bertz CT molecular complexity index is 1140. The van der Waals surface area contributed by atoms with E-state index in [1.807, 2.05) is 48.7 Å². The van der Waals surface area contributed by atoms with Gasteiger partial charge in [-0.05, 0) is 44.9 Å². The van der Waals surface area contributed by atoms with Gasteiger partial charge >= 0.3 is 0 Å². The maximum atomic E-state index is 12.7. The van der Waals surface area contributed by atoms with Crippen LogP contribution in [0.5, 0.6) is 0 Å². The summed E-state index contributed by atoms with van der Waals surface area (Å²) in [7, 11) is 0. The second-order valence-electron chi connectivity index (χ2n) is 8.26. The lowest BCUT2D eigenvalue weighted by atomic mass is 10.1. The zero-order chi connectivity index (χ0) is 23.2. The van der Waals surface area contributed by atoms with Crippen LogP contribution in [0.25, 0.3) is 11.4 Å². The number of benzene rings is 2. The summed E-state index contributed by atoms with van der Waals surface area (Å²) >= 11 is 1.34. The van der Waals surface area contributed by atoms with Crippen LogP contribution in [0, 0.1) is 6.92 Å². The molecule has 2 N–H and O–H groups in total. The number of aryl methyl sites for hydroxylation is 1. The molecule has 1 heterocycles. The molecule has 0 bridgehead atoms. The normalized spacial score (nSPS) is 13.8. The number of rotatable bonds is 8. The van der Waals surface area contributed by atoms with Gasteiger partial charge in [0, 0.05) is 18.2 Å². The average molecular weight is 464 g/mol. The standard InChI is InChI=1S/C25H29N5O2S/c1-3-30-23(18-10-8-9-17(2)15-18)28-29-25(30)33-16-22(31)27-21-14-7-6-13-20(21)24(32)26-19-11-4-5-12-19/h6-10,13-15,19H,3-5,11-12,16H2,1-2H3,(H,26,32)(H,27,31). The number of nitrogens with zero attached hydrogens (tertiary/aromatic N) is 3. The number of carbonyl (C=O) groups is 2. The quantitative estimate of drug-likeness (QED) is 0.474. The molecule has 0 aliphatic heterocycles. The second kappa shape index (κ2) is 10.7. The molecular weight excluding hydrogens is 434 g/mol. The number of amides is 2. The summed E-state index contributed by atoms with van der Waals surface area (Å²) in [4.78, 5) is 25.4. The minimum atomic E-state index is -0.191. The number of carbonyl (C=O) groups excluding carboxylic acids is 2. The summed E-state index contributed by atoms with van der Waals surface area (Å²) in [5, 5.41) is 15.3. The molecule has 172 valence electrons. The van der Waals surface area contributed by atoms with Crippen molar-refractivity contribution in [1.29, 1.82) is 0 Å². The fourth-order valence-electron chi connectivity index (χ4n) is 4.12. The summed E-state index contributed by atoms with van der Waals surface area (Å²) in [6.45, 7) is 4.78. The summed E-state index contributed by atoms with van der Waals surface area (Å²) in [6.07, 6.45) is 4.32. The van der Waals surface area contributed by atoms with E-state index < -0.39 is 0 Å². The number of thioether (sulfide) groups is 1.